The maximum absolute atomic E-state index is 9.44. The predicted molar refractivity (Wildman–Crippen MR) is 64.7 cm³/mol. The van der Waals surface area contributed by atoms with Crippen LogP contribution < -0.4 is 4.90 Å². The van der Waals surface area contributed by atoms with Crippen molar-refractivity contribution in [2.75, 3.05) is 24.7 Å². The topological polar surface area (TPSA) is 32.7 Å². The van der Waals surface area contributed by atoms with Gasteiger partial charge in [-0.15, -0.1) is 0 Å². The number of morpholine rings is 1. The Morgan fingerprint density at radius 1 is 1.38 bits per heavy atom. The van der Waals surface area contributed by atoms with Gasteiger partial charge < -0.3 is 14.7 Å². The van der Waals surface area contributed by atoms with Crippen LogP contribution in [-0.2, 0) is 4.74 Å². The summed E-state index contributed by atoms with van der Waals surface area (Å²) >= 11 is 0. The maximum Gasteiger partial charge on any atom is 0.0761 e. The van der Waals surface area contributed by atoms with Gasteiger partial charge >= 0.3 is 0 Å². The van der Waals surface area contributed by atoms with Gasteiger partial charge in [0.1, 0.15) is 0 Å². The van der Waals surface area contributed by atoms with Crippen LogP contribution in [-0.4, -0.2) is 30.9 Å². The van der Waals surface area contributed by atoms with Gasteiger partial charge in [-0.25, -0.2) is 0 Å². The highest BCUT2D eigenvalue weighted by Crippen LogP contribution is 2.22. The lowest BCUT2D eigenvalue weighted by molar-refractivity contribution is 0.0989. The van der Waals surface area contributed by atoms with Crippen molar-refractivity contribution in [1.29, 1.82) is 0 Å². The average molecular weight is 221 g/mol. The summed E-state index contributed by atoms with van der Waals surface area (Å²) in [4.78, 5) is 2.34. The molecule has 1 aromatic carbocycles. The molecule has 1 fully saturated rings. The van der Waals surface area contributed by atoms with Crippen molar-refractivity contribution >= 4 is 5.69 Å². The van der Waals surface area contributed by atoms with E-state index in [1.165, 1.54) is 5.69 Å². The van der Waals surface area contributed by atoms with Crippen molar-refractivity contribution in [2.24, 2.45) is 0 Å². The molecule has 1 aliphatic heterocycles. The summed E-state index contributed by atoms with van der Waals surface area (Å²) in [7, 11) is 0. The molecule has 1 unspecified atom stereocenters. The monoisotopic (exact) mass is 221 g/mol. The van der Waals surface area contributed by atoms with Crippen LogP contribution in [0.3, 0.4) is 0 Å². The van der Waals surface area contributed by atoms with E-state index in [9.17, 15) is 5.11 Å². The lowest BCUT2D eigenvalue weighted by Gasteiger charge is -2.35. The van der Waals surface area contributed by atoms with E-state index in [4.69, 9.17) is 4.74 Å². The van der Waals surface area contributed by atoms with Gasteiger partial charge in [0, 0.05) is 18.3 Å². The molecular formula is C13H19NO2. The van der Waals surface area contributed by atoms with Crippen molar-refractivity contribution < 1.29 is 9.84 Å². The van der Waals surface area contributed by atoms with Gasteiger partial charge in [-0.05, 0) is 31.5 Å². The minimum absolute atomic E-state index is 0.392. The summed E-state index contributed by atoms with van der Waals surface area (Å²) in [6.45, 7) is 6.48. The van der Waals surface area contributed by atoms with E-state index in [2.05, 4.69) is 24.0 Å². The third kappa shape index (κ3) is 2.36. The first kappa shape index (κ1) is 11.4. The molecule has 1 aromatic rings. The highest BCUT2D eigenvalue weighted by molar-refractivity contribution is 5.49. The predicted octanol–water partition coefficient (Wildman–Crippen LogP) is 1.96. The number of anilines is 1. The van der Waals surface area contributed by atoms with E-state index in [0.29, 0.717) is 6.04 Å². The first-order chi connectivity index (χ1) is 7.68. The van der Waals surface area contributed by atoms with Gasteiger partial charge in [0.05, 0.1) is 19.3 Å². The van der Waals surface area contributed by atoms with Gasteiger partial charge in [-0.2, -0.15) is 0 Å². The second-order valence-electron chi connectivity index (χ2n) is 4.38. The molecule has 3 heteroatoms. The molecule has 0 spiro atoms. The maximum atomic E-state index is 9.44. The number of hydrogen-bond acceptors (Lipinski definition) is 3. The van der Waals surface area contributed by atoms with E-state index in [1.54, 1.807) is 6.92 Å². The minimum Gasteiger partial charge on any atom is -0.389 e. The molecular weight excluding hydrogens is 202 g/mol. The van der Waals surface area contributed by atoms with Gasteiger partial charge in [-0.1, -0.05) is 12.1 Å². The number of nitrogens with zero attached hydrogens (tertiary/aromatic N) is 1. The Hall–Kier alpha value is -1.06. The van der Waals surface area contributed by atoms with E-state index >= 15 is 0 Å². The van der Waals surface area contributed by atoms with E-state index in [-0.39, 0.29) is 0 Å². The normalized spacial score (nSPS) is 23.2. The van der Waals surface area contributed by atoms with Gasteiger partial charge in [0.2, 0.25) is 0 Å². The molecule has 0 aromatic heterocycles. The fourth-order valence-electron chi connectivity index (χ4n) is 2.06. The largest absolute Gasteiger partial charge is 0.389 e. The summed E-state index contributed by atoms with van der Waals surface area (Å²) in [5.74, 6) is 0. The molecule has 0 amide bonds. The van der Waals surface area contributed by atoms with Gasteiger partial charge in [0.15, 0.2) is 0 Å². The second-order valence-corrected chi connectivity index (χ2v) is 4.38. The van der Waals surface area contributed by atoms with Crippen LogP contribution in [0, 0.1) is 0 Å². The zero-order chi connectivity index (χ0) is 11.5. The number of aliphatic hydroxyl groups excluding tert-OH is 1. The highest BCUT2D eigenvalue weighted by Gasteiger charge is 2.18. The smallest absolute Gasteiger partial charge is 0.0761 e. The molecule has 16 heavy (non-hydrogen) atoms. The Kier molecular flexibility index (Phi) is 3.46. The number of aliphatic hydroxyl groups is 1. The zero-order valence-electron chi connectivity index (χ0n) is 9.89. The fourth-order valence-corrected chi connectivity index (χ4v) is 2.06. The Morgan fingerprint density at radius 2 is 2.06 bits per heavy atom. The number of rotatable bonds is 2. The summed E-state index contributed by atoms with van der Waals surface area (Å²) in [5.41, 5.74) is 2.17. The van der Waals surface area contributed by atoms with Crippen molar-refractivity contribution in [3.8, 4) is 0 Å². The third-order valence-electron chi connectivity index (χ3n) is 3.07. The number of ether oxygens (including phenoxy) is 1. The van der Waals surface area contributed by atoms with Crippen LogP contribution >= 0.6 is 0 Å². The minimum atomic E-state index is -0.392. The lowest BCUT2D eigenvalue weighted by Crippen LogP contribution is -2.43. The first-order valence-electron chi connectivity index (χ1n) is 5.81. The Bertz CT molecular complexity index is 334. The molecule has 1 heterocycles. The SMILES string of the molecule is CC1COCCN1c1ccc([C@@H](C)O)cc1. The molecule has 2 rings (SSSR count). The van der Waals surface area contributed by atoms with E-state index in [1.807, 2.05) is 12.1 Å². The molecule has 88 valence electrons. The van der Waals surface area contributed by atoms with Crippen LogP contribution in [0.2, 0.25) is 0 Å². The van der Waals surface area contributed by atoms with Crippen LogP contribution in [0.25, 0.3) is 0 Å². The summed E-state index contributed by atoms with van der Waals surface area (Å²) in [6, 6.07) is 8.55. The van der Waals surface area contributed by atoms with Crippen LogP contribution in [0.1, 0.15) is 25.5 Å². The molecule has 1 N–H and O–H groups in total. The van der Waals surface area contributed by atoms with Crippen molar-refractivity contribution in [2.45, 2.75) is 26.0 Å². The van der Waals surface area contributed by atoms with Crippen molar-refractivity contribution in [3.63, 3.8) is 0 Å². The van der Waals surface area contributed by atoms with E-state index in [0.717, 1.165) is 25.3 Å². The Morgan fingerprint density at radius 3 is 2.62 bits per heavy atom. The Labute approximate surface area is 96.6 Å². The summed E-state index contributed by atoms with van der Waals surface area (Å²) in [6.07, 6.45) is -0.392. The quantitative estimate of drug-likeness (QED) is 0.828. The molecule has 0 bridgehead atoms. The van der Waals surface area contributed by atoms with Crippen LogP contribution in [0.15, 0.2) is 24.3 Å². The second kappa shape index (κ2) is 4.85. The molecule has 3 nitrogen and oxygen atoms in total. The van der Waals surface area contributed by atoms with Gasteiger partial charge in [-0.3, -0.25) is 0 Å². The molecule has 1 aliphatic rings. The third-order valence-corrected chi connectivity index (χ3v) is 3.07. The van der Waals surface area contributed by atoms with Crippen molar-refractivity contribution in [1.82, 2.24) is 0 Å². The zero-order valence-corrected chi connectivity index (χ0v) is 9.89. The molecule has 0 radical (unpaired) electrons. The first-order valence-corrected chi connectivity index (χ1v) is 5.81. The van der Waals surface area contributed by atoms with Crippen LogP contribution in [0.5, 0.6) is 0 Å². The summed E-state index contributed by atoms with van der Waals surface area (Å²) < 4.78 is 5.41. The molecule has 1 saturated heterocycles. The number of hydrogen-bond donors (Lipinski definition) is 1. The van der Waals surface area contributed by atoms with E-state index < -0.39 is 6.10 Å². The van der Waals surface area contributed by atoms with Gasteiger partial charge in [0.25, 0.3) is 0 Å². The van der Waals surface area contributed by atoms with Crippen molar-refractivity contribution in [3.05, 3.63) is 29.8 Å². The van der Waals surface area contributed by atoms with Crippen LogP contribution in [0.4, 0.5) is 5.69 Å². The average Bonchev–Trinajstić information content (AvgIpc) is 2.30. The lowest BCUT2D eigenvalue weighted by atomic mass is 10.1. The highest BCUT2D eigenvalue weighted by atomic mass is 16.5. The molecule has 0 aliphatic carbocycles. The summed E-state index contributed by atoms with van der Waals surface area (Å²) in [5, 5.41) is 9.44. The Balaban J connectivity index is 2.14. The number of benzene rings is 1. The standard InChI is InChI=1S/C13H19NO2/c1-10-9-16-8-7-14(10)13-5-3-12(4-6-13)11(2)15/h3-6,10-11,15H,7-9H2,1-2H3/t10?,11-/m1/s1. The molecule has 0 saturated carbocycles. The fraction of sp³-hybridized carbons (Fsp3) is 0.538. The molecule has 2 atom stereocenters.